The first kappa shape index (κ1) is 9.43. The third-order valence-corrected chi connectivity index (χ3v) is 1.46. The molecule has 0 radical (unpaired) electrons. The molecule has 0 aromatic rings. The normalized spacial score (nSPS) is 12.3. The summed E-state index contributed by atoms with van der Waals surface area (Å²) in [7, 11) is 1.27. The maximum atomic E-state index is 10.5. The molecule has 10 heavy (non-hydrogen) atoms. The second-order valence-electron chi connectivity index (χ2n) is 1.99. The van der Waals surface area contributed by atoms with E-state index in [2.05, 4.69) is 4.74 Å². The van der Waals surface area contributed by atoms with Crippen LogP contribution in [0, 0.1) is 5.92 Å². The second kappa shape index (κ2) is 4.28. The van der Waals surface area contributed by atoms with Gasteiger partial charge < -0.3 is 4.74 Å². The van der Waals surface area contributed by atoms with E-state index in [-0.39, 0.29) is 6.42 Å². The van der Waals surface area contributed by atoms with Crippen molar-refractivity contribution in [3.63, 3.8) is 0 Å². The molecule has 0 bridgehead atoms. The van der Waals surface area contributed by atoms with Crippen molar-refractivity contribution in [2.75, 3.05) is 7.11 Å². The lowest BCUT2D eigenvalue weighted by Crippen LogP contribution is -2.11. The molecule has 0 amide bonds. The minimum absolute atomic E-state index is 0.0544. The Kier molecular flexibility index (Phi) is 4.03. The average molecular weight is 165 g/mol. The van der Waals surface area contributed by atoms with Gasteiger partial charge in [-0.05, 0) is 11.6 Å². The van der Waals surface area contributed by atoms with Crippen LogP contribution in [-0.4, -0.2) is 18.3 Å². The van der Waals surface area contributed by atoms with Crippen LogP contribution in [0.15, 0.2) is 0 Å². The first-order chi connectivity index (χ1) is 4.57. The van der Waals surface area contributed by atoms with Crippen molar-refractivity contribution in [3.05, 3.63) is 0 Å². The highest BCUT2D eigenvalue weighted by molar-refractivity contribution is 6.64. The summed E-state index contributed by atoms with van der Waals surface area (Å²) in [5.41, 5.74) is 0. The van der Waals surface area contributed by atoms with Crippen LogP contribution in [0.4, 0.5) is 0 Å². The summed E-state index contributed by atoms with van der Waals surface area (Å²) in [6.07, 6.45) is 0.0544. The first-order valence-corrected chi connectivity index (χ1v) is 3.22. The Balaban J connectivity index is 3.68. The van der Waals surface area contributed by atoms with Gasteiger partial charge in [0.2, 0.25) is 5.24 Å². The molecule has 1 atom stereocenters. The SMILES string of the molecule is COC(=O)C[C@@H](C)C(=O)Cl. The van der Waals surface area contributed by atoms with Crippen molar-refractivity contribution < 1.29 is 14.3 Å². The van der Waals surface area contributed by atoms with E-state index in [0.29, 0.717) is 0 Å². The fourth-order valence-corrected chi connectivity index (χ4v) is 0.491. The summed E-state index contributed by atoms with van der Waals surface area (Å²) in [5, 5.41) is -0.509. The molecular formula is C6H9ClO3. The molecule has 0 aliphatic rings. The van der Waals surface area contributed by atoms with Crippen LogP contribution >= 0.6 is 11.6 Å². The molecule has 0 unspecified atom stereocenters. The number of methoxy groups -OCH3 is 1. The molecule has 0 rings (SSSR count). The predicted molar refractivity (Wildman–Crippen MR) is 36.7 cm³/mol. The summed E-state index contributed by atoms with van der Waals surface area (Å²) in [4.78, 5) is 20.8. The van der Waals surface area contributed by atoms with Crippen molar-refractivity contribution in [1.82, 2.24) is 0 Å². The van der Waals surface area contributed by atoms with E-state index in [1.165, 1.54) is 7.11 Å². The molecule has 4 heteroatoms. The zero-order chi connectivity index (χ0) is 8.15. The third kappa shape index (κ3) is 3.45. The number of halogens is 1. The van der Waals surface area contributed by atoms with Gasteiger partial charge in [0.1, 0.15) is 0 Å². The van der Waals surface area contributed by atoms with Gasteiger partial charge >= 0.3 is 5.97 Å². The Morgan fingerprint density at radius 3 is 2.40 bits per heavy atom. The highest BCUT2D eigenvalue weighted by Crippen LogP contribution is 2.06. The van der Waals surface area contributed by atoms with Crippen LogP contribution in [0.5, 0.6) is 0 Å². The lowest BCUT2D eigenvalue weighted by Gasteiger charge is -2.02. The topological polar surface area (TPSA) is 43.4 Å². The zero-order valence-electron chi connectivity index (χ0n) is 5.89. The quantitative estimate of drug-likeness (QED) is 0.461. The van der Waals surface area contributed by atoms with Gasteiger partial charge in [0.25, 0.3) is 0 Å². The number of esters is 1. The van der Waals surface area contributed by atoms with E-state index in [0.717, 1.165) is 0 Å². The molecule has 0 heterocycles. The monoisotopic (exact) mass is 164 g/mol. The molecule has 3 nitrogen and oxygen atoms in total. The highest BCUT2D eigenvalue weighted by atomic mass is 35.5. The standard InChI is InChI=1S/C6H9ClO3/c1-4(6(7)9)3-5(8)10-2/h4H,3H2,1-2H3/t4-/m1/s1. The Bertz CT molecular complexity index is 144. The highest BCUT2D eigenvalue weighted by Gasteiger charge is 2.14. The van der Waals surface area contributed by atoms with Crippen LogP contribution in [0.3, 0.4) is 0 Å². The number of hydrogen-bond donors (Lipinski definition) is 0. The van der Waals surface area contributed by atoms with E-state index in [4.69, 9.17) is 11.6 Å². The number of ether oxygens (including phenoxy) is 1. The molecular weight excluding hydrogens is 156 g/mol. The Hall–Kier alpha value is -0.570. The van der Waals surface area contributed by atoms with Crippen LogP contribution in [-0.2, 0) is 14.3 Å². The number of carbonyl (C=O) groups is 2. The molecule has 0 saturated carbocycles. The van der Waals surface area contributed by atoms with E-state index in [1.807, 2.05) is 0 Å². The van der Waals surface area contributed by atoms with Crippen LogP contribution < -0.4 is 0 Å². The number of rotatable bonds is 3. The van der Waals surface area contributed by atoms with Crippen molar-refractivity contribution in [2.24, 2.45) is 5.92 Å². The van der Waals surface area contributed by atoms with Gasteiger partial charge in [0.15, 0.2) is 0 Å². The molecule has 0 aromatic heterocycles. The molecule has 0 aliphatic heterocycles. The van der Waals surface area contributed by atoms with E-state index in [9.17, 15) is 9.59 Å². The minimum atomic E-state index is -0.509. The van der Waals surface area contributed by atoms with Crippen LogP contribution in [0.1, 0.15) is 13.3 Å². The van der Waals surface area contributed by atoms with Crippen LogP contribution in [0.2, 0.25) is 0 Å². The van der Waals surface area contributed by atoms with Gasteiger partial charge in [-0.3, -0.25) is 9.59 Å². The van der Waals surface area contributed by atoms with Gasteiger partial charge in [-0.25, -0.2) is 0 Å². The van der Waals surface area contributed by atoms with Crippen molar-refractivity contribution in [3.8, 4) is 0 Å². The summed E-state index contributed by atoms with van der Waals surface area (Å²) < 4.78 is 4.32. The summed E-state index contributed by atoms with van der Waals surface area (Å²) in [5.74, 6) is -0.865. The van der Waals surface area contributed by atoms with Crippen molar-refractivity contribution >= 4 is 22.8 Å². The molecule has 58 valence electrons. The number of hydrogen-bond acceptors (Lipinski definition) is 3. The summed E-state index contributed by atoms with van der Waals surface area (Å²) in [6, 6.07) is 0. The first-order valence-electron chi connectivity index (χ1n) is 2.84. The molecule has 0 spiro atoms. The van der Waals surface area contributed by atoms with Gasteiger partial charge in [0.05, 0.1) is 13.5 Å². The van der Waals surface area contributed by atoms with Crippen molar-refractivity contribution in [2.45, 2.75) is 13.3 Å². The smallest absolute Gasteiger partial charge is 0.306 e. The molecule has 0 saturated heterocycles. The lowest BCUT2D eigenvalue weighted by atomic mass is 10.1. The van der Waals surface area contributed by atoms with Gasteiger partial charge in [-0.2, -0.15) is 0 Å². The minimum Gasteiger partial charge on any atom is -0.469 e. The summed E-state index contributed by atoms with van der Waals surface area (Å²) in [6.45, 7) is 1.58. The molecule has 0 aromatic carbocycles. The summed E-state index contributed by atoms with van der Waals surface area (Å²) >= 11 is 5.08. The van der Waals surface area contributed by atoms with E-state index < -0.39 is 17.1 Å². The predicted octanol–water partition coefficient (Wildman–Crippen LogP) is 0.951. The Morgan fingerprint density at radius 1 is 1.60 bits per heavy atom. The molecule has 0 N–H and O–H groups in total. The molecule has 0 fully saturated rings. The maximum Gasteiger partial charge on any atom is 0.306 e. The van der Waals surface area contributed by atoms with Crippen molar-refractivity contribution in [1.29, 1.82) is 0 Å². The van der Waals surface area contributed by atoms with E-state index >= 15 is 0 Å². The fourth-order valence-electron chi connectivity index (χ4n) is 0.414. The fraction of sp³-hybridized carbons (Fsp3) is 0.667. The second-order valence-corrected chi connectivity index (χ2v) is 2.36. The zero-order valence-corrected chi connectivity index (χ0v) is 6.64. The molecule has 0 aliphatic carbocycles. The average Bonchev–Trinajstić information content (AvgIpc) is 1.87. The van der Waals surface area contributed by atoms with E-state index in [1.54, 1.807) is 6.92 Å². The van der Waals surface area contributed by atoms with Gasteiger partial charge in [-0.1, -0.05) is 6.92 Å². The Labute approximate surface area is 64.3 Å². The Morgan fingerprint density at radius 2 is 2.10 bits per heavy atom. The van der Waals surface area contributed by atoms with Gasteiger partial charge in [0, 0.05) is 5.92 Å². The maximum absolute atomic E-state index is 10.5. The lowest BCUT2D eigenvalue weighted by molar-refractivity contribution is -0.142. The number of carbonyl (C=O) groups excluding carboxylic acids is 2. The largest absolute Gasteiger partial charge is 0.469 e. The van der Waals surface area contributed by atoms with Crippen LogP contribution in [0.25, 0.3) is 0 Å². The third-order valence-electron chi connectivity index (χ3n) is 1.09. The van der Waals surface area contributed by atoms with Gasteiger partial charge in [-0.15, -0.1) is 0 Å².